The van der Waals surface area contributed by atoms with E-state index in [1.165, 1.54) is 11.3 Å². The second kappa shape index (κ2) is 5.27. The van der Waals surface area contributed by atoms with Crippen LogP contribution in [-0.2, 0) is 0 Å². The fraction of sp³-hybridized carbons (Fsp3) is 0.429. The molecule has 0 aliphatic heterocycles. The summed E-state index contributed by atoms with van der Waals surface area (Å²) in [7, 11) is 0. The first-order valence-corrected chi connectivity index (χ1v) is 7.44. The number of aromatic nitrogens is 1. The minimum Gasteiger partial charge on any atom is -0.391 e. The highest BCUT2D eigenvalue weighted by atomic mass is 32.1. The lowest BCUT2D eigenvalue weighted by Gasteiger charge is -2.28. The monoisotopic (exact) mass is 276 g/mol. The van der Waals surface area contributed by atoms with Gasteiger partial charge in [0.25, 0.3) is 5.91 Å². The van der Waals surface area contributed by atoms with Crippen LogP contribution in [-0.4, -0.2) is 28.1 Å². The number of rotatable bonds is 2. The maximum atomic E-state index is 12.2. The second-order valence-corrected chi connectivity index (χ2v) is 5.85. The molecule has 1 aliphatic carbocycles. The van der Waals surface area contributed by atoms with E-state index in [1.807, 2.05) is 12.1 Å². The second-order valence-electron chi connectivity index (χ2n) is 4.97. The number of nitrogens with zero attached hydrogens (tertiary/aromatic N) is 1. The van der Waals surface area contributed by atoms with Gasteiger partial charge in [-0.3, -0.25) is 4.79 Å². The zero-order valence-electron chi connectivity index (χ0n) is 10.5. The molecule has 1 aromatic carbocycles. The Hall–Kier alpha value is -1.46. The SMILES string of the molecule is O=C(NC1CCCCC1O)c1ccc2ncsc2c1. The molecule has 0 spiro atoms. The van der Waals surface area contributed by atoms with Crippen molar-refractivity contribution in [3.8, 4) is 0 Å². The molecule has 0 radical (unpaired) electrons. The van der Waals surface area contributed by atoms with E-state index in [9.17, 15) is 9.90 Å². The van der Waals surface area contributed by atoms with Crippen LogP contribution in [0.5, 0.6) is 0 Å². The first-order chi connectivity index (χ1) is 9.24. The summed E-state index contributed by atoms with van der Waals surface area (Å²) in [6, 6.07) is 5.39. The Bertz CT molecular complexity index is 596. The number of hydrogen-bond acceptors (Lipinski definition) is 4. The number of carbonyl (C=O) groups is 1. The molecule has 3 rings (SSSR count). The van der Waals surface area contributed by atoms with Crippen molar-refractivity contribution >= 4 is 27.5 Å². The van der Waals surface area contributed by atoms with Crippen molar-refractivity contribution in [2.75, 3.05) is 0 Å². The fourth-order valence-corrected chi connectivity index (χ4v) is 3.24. The van der Waals surface area contributed by atoms with Gasteiger partial charge in [-0.2, -0.15) is 0 Å². The van der Waals surface area contributed by atoms with E-state index in [2.05, 4.69) is 10.3 Å². The van der Waals surface area contributed by atoms with E-state index in [0.717, 1.165) is 35.9 Å². The molecule has 5 heteroatoms. The molecule has 2 atom stereocenters. The third-order valence-electron chi connectivity index (χ3n) is 3.64. The number of carbonyl (C=O) groups excluding carboxylic acids is 1. The average Bonchev–Trinajstić information content (AvgIpc) is 2.88. The number of hydrogen-bond donors (Lipinski definition) is 2. The van der Waals surface area contributed by atoms with Crippen molar-refractivity contribution in [3.05, 3.63) is 29.3 Å². The first kappa shape index (κ1) is 12.6. The summed E-state index contributed by atoms with van der Waals surface area (Å²) in [5, 5.41) is 12.8. The van der Waals surface area contributed by atoms with Crippen molar-refractivity contribution in [3.63, 3.8) is 0 Å². The smallest absolute Gasteiger partial charge is 0.251 e. The predicted molar refractivity (Wildman–Crippen MR) is 75.3 cm³/mol. The van der Waals surface area contributed by atoms with Crippen LogP contribution in [0.15, 0.2) is 23.7 Å². The largest absolute Gasteiger partial charge is 0.391 e. The van der Waals surface area contributed by atoms with Crippen molar-refractivity contribution in [2.24, 2.45) is 0 Å². The molecular formula is C14H16N2O2S. The Labute approximate surface area is 115 Å². The van der Waals surface area contributed by atoms with E-state index < -0.39 is 6.10 Å². The molecule has 0 saturated heterocycles. The molecule has 19 heavy (non-hydrogen) atoms. The van der Waals surface area contributed by atoms with Crippen LogP contribution in [0.3, 0.4) is 0 Å². The highest BCUT2D eigenvalue weighted by molar-refractivity contribution is 7.16. The molecular weight excluding hydrogens is 260 g/mol. The van der Waals surface area contributed by atoms with E-state index in [-0.39, 0.29) is 11.9 Å². The molecule has 2 unspecified atom stereocenters. The van der Waals surface area contributed by atoms with E-state index >= 15 is 0 Å². The van der Waals surface area contributed by atoms with Gasteiger partial charge in [0.15, 0.2) is 0 Å². The Balaban J connectivity index is 1.75. The Kier molecular flexibility index (Phi) is 3.48. The minimum atomic E-state index is -0.412. The summed E-state index contributed by atoms with van der Waals surface area (Å²) in [4.78, 5) is 16.4. The molecule has 1 saturated carbocycles. The molecule has 1 fully saturated rings. The number of aliphatic hydroxyl groups excluding tert-OH is 1. The summed E-state index contributed by atoms with van der Waals surface area (Å²) in [6.07, 6.45) is 3.33. The number of thiazole rings is 1. The maximum Gasteiger partial charge on any atom is 0.251 e. The molecule has 4 nitrogen and oxygen atoms in total. The van der Waals surface area contributed by atoms with Crippen LogP contribution in [0.2, 0.25) is 0 Å². The lowest BCUT2D eigenvalue weighted by atomic mass is 9.92. The third kappa shape index (κ3) is 2.62. The first-order valence-electron chi connectivity index (χ1n) is 6.56. The Morgan fingerprint density at radius 3 is 3.05 bits per heavy atom. The van der Waals surface area contributed by atoms with Gasteiger partial charge in [-0.05, 0) is 31.0 Å². The van der Waals surface area contributed by atoms with Crippen LogP contribution in [0.1, 0.15) is 36.0 Å². The molecule has 1 amide bonds. The van der Waals surface area contributed by atoms with Gasteiger partial charge in [0.05, 0.1) is 27.9 Å². The molecule has 1 heterocycles. The molecule has 100 valence electrons. The zero-order valence-corrected chi connectivity index (χ0v) is 11.3. The van der Waals surface area contributed by atoms with Crippen LogP contribution >= 0.6 is 11.3 Å². The zero-order chi connectivity index (χ0) is 13.2. The van der Waals surface area contributed by atoms with Crippen LogP contribution < -0.4 is 5.32 Å². The van der Waals surface area contributed by atoms with Gasteiger partial charge in [-0.1, -0.05) is 12.8 Å². The maximum absolute atomic E-state index is 12.2. The molecule has 2 N–H and O–H groups in total. The summed E-state index contributed by atoms with van der Waals surface area (Å²) < 4.78 is 1.01. The summed E-state index contributed by atoms with van der Waals surface area (Å²) in [5.41, 5.74) is 3.32. The number of amides is 1. The Morgan fingerprint density at radius 1 is 1.37 bits per heavy atom. The van der Waals surface area contributed by atoms with Gasteiger partial charge in [0.2, 0.25) is 0 Å². The number of benzene rings is 1. The standard InChI is InChI=1S/C14H16N2O2S/c17-12-4-2-1-3-10(12)16-14(18)9-5-6-11-13(7-9)19-8-15-11/h5-8,10,12,17H,1-4H2,(H,16,18). The molecule has 2 aromatic rings. The average molecular weight is 276 g/mol. The van der Waals surface area contributed by atoms with Gasteiger partial charge in [0, 0.05) is 5.56 Å². The predicted octanol–water partition coefficient (Wildman–Crippen LogP) is 2.33. The van der Waals surface area contributed by atoms with Gasteiger partial charge in [-0.25, -0.2) is 4.98 Å². The fourth-order valence-electron chi connectivity index (χ4n) is 2.53. The summed E-state index contributed by atoms with van der Waals surface area (Å²) in [5.74, 6) is -0.110. The summed E-state index contributed by atoms with van der Waals surface area (Å²) >= 11 is 1.53. The van der Waals surface area contributed by atoms with Gasteiger partial charge < -0.3 is 10.4 Å². The van der Waals surface area contributed by atoms with Gasteiger partial charge in [-0.15, -0.1) is 11.3 Å². The van der Waals surface area contributed by atoms with Crippen molar-refractivity contribution in [1.29, 1.82) is 0 Å². The minimum absolute atomic E-state index is 0.110. The van der Waals surface area contributed by atoms with Gasteiger partial charge in [0.1, 0.15) is 0 Å². The van der Waals surface area contributed by atoms with Crippen molar-refractivity contribution < 1.29 is 9.90 Å². The van der Waals surface area contributed by atoms with Crippen molar-refractivity contribution in [2.45, 2.75) is 37.8 Å². The third-order valence-corrected chi connectivity index (χ3v) is 4.43. The highest BCUT2D eigenvalue weighted by Crippen LogP contribution is 2.21. The number of aliphatic hydroxyl groups is 1. The molecule has 0 bridgehead atoms. The van der Waals surface area contributed by atoms with Crippen molar-refractivity contribution in [1.82, 2.24) is 10.3 Å². The number of fused-ring (bicyclic) bond motifs is 1. The normalized spacial score (nSPS) is 23.4. The summed E-state index contributed by atoms with van der Waals surface area (Å²) in [6.45, 7) is 0. The topological polar surface area (TPSA) is 62.2 Å². The van der Waals surface area contributed by atoms with E-state index in [4.69, 9.17) is 0 Å². The van der Waals surface area contributed by atoms with Crippen LogP contribution in [0, 0.1) is 0 Å². The lowest BCUT2D eigenvalue weighted by molar-refractivity contribution is 0.0717. The van der Waals surface area contributed by atoms with Gasteiger partial charge >= 0.3 is 0 Å². The van der Waals surface area contributed by atoms with Crippen LogP contribution in [0.25, 0.3) is 10.2 Å². The van der Waals surface area contributed by atoms with E-state index in [0.29, 0.717) is 5.56 Å². The molecule has 1 aromatic heterocycles. The quantitative estimate of drug-likeness (QED) is 0.885. The molecule has 1 aliphatic rings. The lowest BCUT2D eigenvalue weighted by Crippen LogP contribution is -2.45. The highest BCUT2D eigenvalue weighted by Gasteiger charge is 2.24. The Morgan fingerprint density at radius 2 is 2.21 bits per heavy atom. The van der Waals surface area contributed by atoms with E-state index in [1.54, 1.807) is 11.6 Å². The van der Waals surface area contributed by atoms with Crippen LogP contribution in [0.4, 0.5) is 0 Å². The number of nitrogens with one attached hydrogen (secondary N) is 1.